The fourth-order valence-electron chi connectivity index (χ4n) is 3.45. The Morgan fingerprint density at radius 3 is 2.85 bits per heavy atom. The van der Waals surface area contributed by atoms with Gasteiger partial charge in [-0.3, -0.25) is 0 Å². The van der Waals surface area contributed by atoms with Crippen molar-refractivity contribution in [2.75, 3.05) is 11.9 Å². The van der Waals surface area contributed by atoms with E-state index in [4.69, 9.17) is 10.7 Å². The van der Waals surface area contributed by atoms with E-state index in [2.05, 4.69) is 71.7 Å². The zero-order valence-corrected chi connectivity index (χ0v) is 15.9. The molecule has 2 aromatic carbocycles. The Kier molecular flexibility index (Phi) is 4.86. The molecule has 0 aliphatic heterocycles. The Bertz CT molecular complexity index is 1050. The van der Waals surface area contributed by atoms with Crippen LogP contribution < -0.4 is 11.1 Å². The molecular formula is C22H27N5. The van der Waals surface area contributed by atoms with Crippen molar-refractivity contribution in [3.63, 3.8) is 0 Å². The number of para-hydroxylation sites is 1. The smallest absolute Gasteiger partial charge is 0.111 e. The lowest BCUT2D eigenvalue weighted by molar-refractivity contribution is 0.457. The molecule has 2 atom stereocenters. The largest absolute Gasteiger partial charge is 0.383 e. The fourth-order valence-corrected chi connectivity index (χ4v) is 3.45. The molecule has 0 unspecified atom stereocenters. The Labute approximate surface area is 159 Å². The molecule has 2 heterocycles. The van der Waals surface area contributed by atoms with Crippen LogP contribution in [0.2, 0.25) is 0 Å². The highest BCUT2D eigenvalue weighted by Gasteiger charge is 2.11. The van der Waals surface area contributed by atoms with Crippen LogP contribution in [0.4, 0.5) is 5.69 Å². The van der Waals surface area contributed by atoms with Gasteiger partial charge in [0.15, 0.2) is 0 Å². The quantitative estimate of drug-likeness (QED) is 0.393. The summed E-state index contributed by atoms with van der Waals surface area (Å²) in [5.74, 6) is 1.49. The molecule has 27 heavy (non-hydrogen) atoms. The van der Waals surface area contributed by atoms with Crippen LogP contribution in [0.25, 0.3) is 21.9 Å². The van der Waals surface area contributed by atoms with Crippen LogP contribution in [-0.2, 0) is 6.42 Å². The number of nitrogens with two attached hydrogens (primary N) is 1. The van der Waals surface area contributed by atoms with Crippen LogP contribution in [-0.4, -0.2) is 27.5 Å². The molecule has 0 spiro atoms. The van der Waals surface area contributed by atoms with Gasteiger partial charge < -0.3 is 21.0 Å². The molecule has 0 saturated carbocycles. The summed E-state index contributed by atoms with van der Waals surface area (Å²) < 4.78 is 0. The first kappa shape index (κ1) is 17.6. The van der Waals surface area contributed by atoms with E-state index in [0.29, 0.717) is 5.92 Å². The van der Waals surface area contributed by atoms with E-state index in [1.807, 2.05) is 6.07 Å². The number of hydrogen-bond donors (Lipinski definition) is 4. The molecule has 0 fully saturated rings. The summed E-state index contributed by atoms with van der Waals surface area (Å²) >= 11 is 0. The lowest BCUT2D eigenvalue weighted by Crippen LogP contribution is -2.35. The van der Waals surface area contributed by atoms with Crippen LogP contribution in [0.1, 0.15) is 31.7 Å². The number of nitrogens with one attached hydrogen (secondary N) is 3. The first-order valence-electron chi connectivity index (χ1n) is 9.67. The molecule has 4 aromatic rings. The number of H-pyrrole nitrogens is 2. The highest BCUT2D eigenvalue weighted by atomic mass is 14.9. The van der Waals surface area contributed by atoms with Crippen molar-refractivity contribution in [2.24, 2.45) is 11.7 Å². The molecule has 5 nitrogen and oxygen atoms in total. The van der Waals surface area contributed by atoms with Crippen LogP contribution >= 0.6 is 0 Å². The number of nitrogens with zero attached hydrogens (tertiary/aromatic N) is 1. The summed E-state index contributed by atoms with van der Waals surface area (Å²) in [6.45, 7) is 5.15. The van der Waals surface area contributed by atoms with Gasteiger partial charge in [-0.25, -0.2) is 4.98 Å². The van der Waals surface area contributed by atoms with E-state index in [1.54, 1.807) is 0 Å². The third kappa shape index (κ3) is 3.69. The minimum absolute atomic E-state index is 0.157. The SMILES string of the molecule is CC[C@H](C)[C@H](N)CNc1ccc2nc(Cc3c[nH]c4ccccc34)[nH]c2c1. The molecule has 0 amide bonds. The van der Waals surface area contributed by atoms with Crippen LogP contribution in [0, 0.1) is 5.92 Å². The van der Waals surface area contributed by atoms with Gasteiger partial charge in [-0.2, -0.15) is 0 Å². The van der Waals surface area contributed by atoms with Crippen molar-refractivity contribution in [1.82, 2.24) is 15.0 Å². The monoisotopic (exact) mass is 361 g/mol. The third-order valence-electron chi connectivity index (χ3n) is 5.48. The summed E-state index contributed by atoms with van der Waals surface area (Å²) in [4.78, 5) is 11.5. The number of fused-ring (bicyclic) bond motifs is 2. The molecular weight excluding hydrogens is 334 g/mol. The number of anilines is 1. The molecule has 0 saturated heterocycles. The van der Waals surface area contributed by atoms with Gasteiger partial charge in [0.1, 0.15) is 5.82 Å². The minimum Gasteiger partial charge on any atom is -0.383 e. The van der Waals surface area contributed by atoms with Crippen molar-refractivity contribution >= 4 is 27.6 Å². The first-order valence-corrected chi connectivity index (χ1v) is 9.67. The molecule has 0 aliphatic carbocycles. The highest BCUT2D eigenvalue weighted by molar-refractivity contribution is 5.84. The zero-order chi connectivity index (χ0) is 18.8. The first-order chi connectivity index (χ1) is 13.1. The van der Waals surface area contributed by atoms with Gasteiger partial charge >= 0.3 is 0 Å². The molecule has 2 aromatic heterocycles. The van der Waals surface area contributed by atoms with Gasteiger partial charge in [0.25, 0.3) is 0 Å². The van der Waals surface area contributed by atoms with Gasteiger partial charge in [-0.1, -0.05) is 38.5 Å². The van der Waals surface area contributed by atoms with Crippen molar-refractivity contribution in [1.29, 1.82) is 0 Å². The van der Waals surface area contributed by atoms with Crippen LogP contribution in [0.3, 0.4) is 0 Å². The van der Waals surface area contributed by atoms with Crippen LogP contribution in [0.15, 0.2) is 48.7 Å². The van der Waals surface area contributed by atoms with Crippen molar-refractivity contribution in [3.8, 4) is 0 Å². The van der Waals surface area contributed by atoms with E-state index in [0.717, 1.165) is 47.4 Å². The Morgan fingerprint density at radius 1 is 1.15 bits per heavy atom. The number of rotatable bonds is 7. The van der Waals surface area contributed by atoms with Crippen molar-refractivity contribution in [2.45, 2.75) is 32.7 Å². The zero-order valence-electron chi connectivity index (χ0n) is 15.9. The standard InChI is InChI=1S/C22H27N5/c1-3-14(2)18(23)13-24-16-8-9-20-21(11-16)27-22(26-20)10-15-12-25-19-7-5-4-6-17(15)19/h4-9,11-12,14,18,24-25H,3,10,13,23H2,1-2H3,(H,26,27)/t14-,18+/m0/s1. The van der Waals surface area contributed by atoms with E-state index in [9.17, 15) is 0 Å². The minimum atomic E-state index is 0.157. The number of hydrogen-bond acceptors (Lipinski definition) is 3. The van der Waals surface area contributed by atoms with Gasteiger partial charge in [-0.05, 0) is 35.7 Å². The average molecular weight is 361 g/mol. The summed E-state index contributed by atoms with van der Waals surface area (Å²) in [5, 5.41) is 4.70. The summed E-state index contributed by atoms with van der Waals surface area (Å²) in [5.41, 5.74) is 11.7. The van der Waals surface area contributed by atoms with Gasteiger partial charge in [0.05, 0.1) is 11.0 Å². The third-order valence-corrected chi connectivity index (χ3v) is 5.48. The number of imidazole rings is 1. The maximum atomic E-state index is 6.23. The van der Waals surface area contributed by atoms with Gasteiger partial charge in [-0.15, -0.1) is 0 Å². The molecule has 140 valence electrons. The molecule has 5 N–H and O–H groups in total. The molecule has 0 aliphatic rings. The summed E-state index contributed by atoms with van der Waals surface area (Å²) in [6.07, 6.45) is 3.95. The number of benzene rings is 2. The Balaban J connectivity index is 1.51. The normalized spacial score (nSPS) is 13.9. The lowest BCUT2D eigenvalue weighted by Gasteiger charge is -2.19. The average Bonchev–Trinajstić information content (AvgIpc) is 3.29. The second-order valence-corrected chi connectivity index (χ2v) is 7.38. The second kappa shape index (κ2) is 7.45. The lowest BCUT2D eigenvalue weighted by atomic mass is 10.0. The van der Waals surface area contributed by atoms with E-state index in [1.165, 1.54) is 10.9 Å². The maximum absolute atomic E-state index is 6.23. The van der Waals surface area contributed by atoms with E-state index in [-0.39, 0.29) is 6.04 Å². The fraction of sp³-hybridized carbons (Fsp3) is 0.318. The van der Waals surface area contributed by atoms with Crippen molar-refractivity contribution in [3.05, 3.63) is 60.0 Å². The maximum Gasteiger partial charge on any atom is 0.111 e. The van der Waals surface area contributed by atoms with E-state index < -0.39 is 0 Å². The van der Waals surface area contributed by atoms with Crippen LogP contribution in [0.5, 0.6) is 0 Å². The molecule has 4 rings (SSSR count). The predicted molar refractivity (Wildman–Crippen MR) is 113 cm³/mol. The molecule has 0 radical (unpaired) electrons. The highest BCUT2D eigenvalue weighted by Crippen LogP contribution is 2.22. The van der Waals surface area contributed by atoms with Crippen molar-refractivity contribution < 1.29 is 0 Å². The second-order valence-electron chi connectivity index (χ2n) is 7.38. The van der Waals surface area contributed by atoms with E-state index >= 15 is 0 Å². The topological polar surface area (TPSA) is 82.5 Å². The number of aromatic amines is 2. The number of aromatic nitrogens is 3. The summed E-state index contributed by atoms with van der Waals surface area (Å²) in [6, 6.07) is 14.8. The molecule has 0 bridgehead atoms. The van der Waals surface area contributed by atoms with Gasteiger partial charge in [0, 0.05) is 41.8 Å². The Morgan fingerprint density at radius 2 is 2.00 bits per heavy atom. The summed E-state index contributed by atoms with van der Waals surface area (Å²) in [7, 11) is 0. The molecule has 5 heteroatoms. The predicted octanol–water partition coefficient (Wildman–Crippen LogP) is 4.42. The Hall–Kier alpha value is -2.79. The van der Waals surface area contributed by atoms with Gasteiger partial charge in [0.2, 0.25) is 0 Å².